The van der Waals surface area contributed by atoms with Crippen molar-refractivity contribution in [2.75, 3.05) is 13.7 Å². The van der Waals surface area contributed by atoms with Crippen LogP contribution in [0.5, 0.6) is 0 Å². The average Bonchev–Trinajstić information content (AvgIpc) is 3.45. The smallest absolute Gasteiger partial charge is 0.318 e. The molecule has 2 aromatic heterocycles. The highest BCUT2D eigenvalue weighted by molar-refractivity contribution is 7.15. The molecule has 1 N–H and O–H groups in total. The molecule has 0 bridgehead atoms. The van der Waals surface area contributed by atoms with Crippen molar-refractivity contribution in [3.05, 3.63) is 75.4 Å². The minimum Gasteiger partial charge on any atom is -0.469 e. The highest BCUT2D eigenvalue weighted by atomic mass is 32.1. The van der Waals surface area contributed by atoms with E-state index in [0.717, 1.165) is 24.1 Å². The van der Waals surface area contributed by atoms with Gasteiger partial charge in [-0.1, -0.05) is 38.1 Å². The molecule has 1 unspecified atom stereocenters. The summed E-state index contributed by atoms with van der Waals surface area (Å²) in [6, 6.07) is 12.5. The first kappa shape index (κ1) is 23.7. The number of nitrogens with zero attached hydrogens (tertiary/aromatic N) is 2. The molecule has 184 valence electrons. The number of urea groups is 1. The Morgan fingerprint density at radius 1 is 1.11 bits per heavy atom. The van der Waals surface area contributed by atoms with Crippen LogP contribution in [0, 0.1) is 0 Å². The molecule has 1 atom stereocenters. The number of ether oxygens (including phenoxy) is 1. The van der Waals surface area contributed by atoms with E-state index in [1.807, 2.05) is 16.2 Å². The summed E-state index contributed by atoms with van der Waals surface area (Å²) in [5.74, 6) is 0.114. The third kappa shape index (κ3) is 4.49. The Bertz CT molecular complexity index is 1220. The Kier molecular flexibility index (Phi) is 6.69. The Balaban J connectivity index is 1.57. The van der Waals surface area contributed by atoms with Crippen molar-refractivity contribution in [3.8, 4) is 5.00 Å². The van der Waals surface area contributed by atoms with E-state index in [2.05, 4.69) is 66.3 Å². The number of esters is 1. The highest BCUT2D eigenvalue weighted by Crippen LogP contribution is 2.44. The lowest BCUT2D eigenvalue weighted by Crippen LogP contribution is -2.42. The summed E-state index contributed by atoms with van der Waals surface area (Å²) < 4.78 is 7.04. The third-order valence-electron chi connectivity index (χ3n) is 7.19. The number of amides is 2. The van der Waals surface area contributed by atoms with Crippen LogP contribution in [0.4, 0.5) is 4.79 Å². The van der Waals surface area contributed by atoms with Crippen molar-refractivity contribution in [3.63, 3.8) is 0 Å². The van der Waals surface area contributed by atoms with Crippen LogP contribution in [0.25, 0.3) is 5.00 Å². The molecular formula is C28H33N3O3S. The Labute approximate surface area is 210 Å². The van der Waals surface area contributed by atoms with E-state index in [-0.39, 0.29) is 31.0 Å². The van der Waals surface area contributed by atoms with E-state index in [1.54, 1.807) is 0 Å². The van der Waals surface area contributed by atoms with Crippen LogP contribution >= 0.6 is 11.3 Å². The van der Waals surface area contributed by atoms with Gasteiger partial charge in [-0.05, 0) is 60.4 Å². The number of methoxy groups -OCH3 is 1. The molecule has 1 aromatic carbocycles. The third-order valence-corrected chi connectivity index (χ3v) is 8.53. The molecule has 0 saturated carbocycles. The van der Waals surface area contributed by atoms with Crippen LogP contribution in [0.2, 0.25) is 0 Å². The highest BCUT2D eigenvalue weighted by Gasteiger charge is 2.36. The molecule has 35 heavy (non-hydrogen) atoms. The SMILES string of the molecule is COC(=O)CCNC(=O)N1Cc2c(sc3c2CCCC3)-n2cccc2C1c1ccc(C(C)C)cc1. The van der Waals surface area contributed by atoms with Crippen molar-refractivity contribution in [1.29, 1.82) is 0 Å². The molecule has 3 heterocycles. The molecule has 3 aromatic rings. The number of carbonyl (C=O) groups is 2. The minimum absolute atomic E-state index is 0.152. The standard InChI is InChI=1S/C28H33N3O3S/c1-18(2)19-10-12-20(13-11-19)26-23-8-6-16-30(23)27-22(21-7-4-5-9-24(21)35-27)17-31(26)28(33)29-15-14-25(32)34-3/h6,8,10-13,16,18,26H,4-5,7,9,14-15,17H2,1-3H3,(H,29,33). The van der Waals surface area contributed by atoms with Gasteiger partial charge in [-0.3, -0.25) is 4.79 Å². The van der Waals surface area contributed by atoms with Gasteiger partial charge < -0.3 is 19.5 Å². The second kappa shape index (κ2) is 9.90. The number of thiophene rings is 1. The van der Waals surface area contributed by atoms with E-state index >= 15 is 0 Å². The summed E-state index contributed by atoms with van der Waals surface area (Å²) in [6.45, 7) is 5.17. The van der Waals surface area contributed by atoms with Gasteiger partial charge in [0.05, 0.1) is 31.8 Å². The van der Waals surface area contributed by atoms with Gasteiger partial charge in [0.15, 0.2) is 0 Å². The van der Waals surface area contributed by atoms with Crippen LogP contribution in [-0.4, -0.2) is 35.1 Å². The lowest BCUT2D eigenvalue weighted by Gasteiger charge is -2.31. The van der Waals surface area contributed by atoms with Gasteiger partial charge >= 0.3 is 12.0 Å². The van der Waals surface area contributed by atoms with Crippen molar-refractivity contribution in [2.24, 2.45) is 0 Å². The molecule has 7 heteroatoms. The second-order valence-corrected chi connectivity index (χ2v) is 10.8. The first-order valence-corrected chi connectivity index (χ1v) is 13.3. The number of aryl methyl sites for hydroxylation is 1. The van der Waals surface area contributed by atoms with Gasteiger partial charge in [0.2, 0.25) is 0 Å². The zero-order chi connectivity index (χ0) is 24.5. The zero-order valence-corrected chi connectivity index (χ0v) is 21.5. The first-order chi connectivity index (χ1) is 17.0. The number of benzene rings is 1. The van der Waals surface area contributed by atoms with Gasteiger partial charge in [-0.15, -0.1) is 11.3 Å². The Morgan fingerprint density at radius 3 is 2.63 bits per heavy atom. The fourth-order valence-corrected chi connectivity index (χ4v) is 6.68. The summed E-state index contributed by atoms with van der Waals surface area (Å²) in [5.41, 5.74) is 6.15. The molecule has 0 fully saturated rings. The van der Waals surface area contributed by atoms with Crippen LogP contribution in [0.3, 0.4) is 0 Å². The van der Waals surface area contributed by atoms with Gasteiger partial charge in [0.1, 0.15) is 5.00 Å². The number of aromatic nitrogens is 1. The van der Waals surface area contributed by atoms with Crippen LogP contribution in [-0.2, 0) is 28.9 Å². The van der Waals surface area contributed by atoms with Crippen LogP contribution in [0.15, 0.2) is 42.6 Å². The van der Waals surface area contributed by atoms with E-state index in [9.17, 15) is 9.59 Å². The maximum absolute atomic E-state index is 13.7. The molecule has 0 radical (unpaired) electrons. The molecular weight excluding hydrogens is 458 g/mol. The number of fused-ring (bicyclic) bond motifs is 5. The predicted octanol–water partition coefficient (Wildman–Crippen LogP) is 5.72. The molecule has 2 amide bonds. The molecule has 1 aliphatic carbocycles. The van der Waals surface area contributed by atoms with Crippen molar-refractivity contribution in [2.45, 2.75) is 64.5 Å². The van der Waals surface area contributed by atoms with E-state index in [0.29, 0.717) is 12.5 Å². The van der Waals surface area contributed by atoms with E-state index in [4.69, 9.17) is 4.74 Å². The zero-order valence-electron chi connectivity index (χ0n) is 20.7. The Hall–Kier alpha value is -3.06. The number of hydrogen-bond acceptors (Lipinski definition) is 4. The lowest BCUT2D eigenvalue weighted by molar-refractivity contribution is -0.140. The average molecular weight is 492 g/mol. The molecule has 0 spiro atoms. The molecule has 2 aliphatic rings. The van der Waals surface area contributed by atoms with E-state index in [1.165, 1.54) is 46.5 Å². The summed E-state index contributed by atoms with van der Waals surface area (Å²) in [5, 5.41) is 4.22. The summed E-state index contributed by atoms with van der Waals surface area (Å²) in [4.78, 5) is 28.7. The molecule has 5 rings (SSSR count). The van der Waals surface area contributed by atoms with Crippen LogP contribution < -0.4 is 5.32 Å². The Morgan fingerprint density at radius 2 is 1.89 bits per heavy atom. The lowest BCUT2D eigenvalue weighted by atomic mass is 9.94. The second-order valence-electron chi connectivity index (χ2n) is 9.71. The number of hydrogen-bond donors (Lipinski definition) is 1. The van der Waals surface area contributed by atoms with Gasteiger partial charge in [-0.2, -0.15) is 0 Å². The van der Waals surface area contributed by atoms with E-state index < -0.39 is 0 Å². The maximum Gasteiger partial charge on any atom is 0.318 e. The topological polar surface area (TPSA) is 63.6 Å². The number of rotatable bonds is 5. The fourth-order valence-electron chi connectivity index (χ4n) is 5.28. The predicted molar refractivity (Wildman–Crippen MR) is 138 cm³/mol. The maximum atomic E-state index is 13.7. The van der Waals surface area contributed by atoms with Gasteiger partial charge in [-0.25, -0.2) is 4.79 Å². The molecule has 1 aliphatic heterocycles. The summed E-state index contributed by atoms with van der Waals surface area (Å²) in [7, 11) is 1.37. The molecule has 6 nitrogen and oxygen atoms in total. The summed E-state index contributed by atoms with van der Waals surface area (Å²) in [6.07, 6.45) is 6.90. The van der Waals surface area contributed by atoms with Crippen molar-refractivity contribution < 1.29 is 14.3 Å². The summed E-state index contributed by atoms with van der Waals surface area (Å²) >= 11 is 1.88. The minimum atomic E-state index is -0.329. The normalized spacial score (nSPS) is 16.8. The van der Waals surface area contributed by atoms with Gasteiger partial charge in [0, 0.05) is 23.2 Å². The van der Waals surface area contributed by atoms with Crippen molar-refractivity contribution in [1.82, 2.24) is 14.8 Å². The number of carbonyl (C=O) groups excluding carboxylic acids is 2. The first-order valence-electron chi connectivity index (χ1n) is 12.5. The largest absolute Gasteiger partial charge is 0.469 e. The monoisotopic (exact) mass is 491 g/mol. The fraction of sp³-hybridized carbons (Fsp3) is 0.429. The van der Waals surface area contributed by atoms with Crippen LogP contribution in [0.1, 0.15) is 77.9 Å². The molecule has 0 saturated heterocycles. The van der Waals surface area contributed by atoms with Crippen molar-refractivity contribution >= 4 is 23.3 Å². The quantitative estimate of drug-likeness (QED) is 0.465. The number of nitrogens with one attached hydrogen (secondary N) is 1. The van der Waals surface area contributed by atoms with Gasteiger partial charge in [0.25, 0.3) is 0 Å².